The lowest BCUT2D eigenvalue weighted by Gasteiger charge is -2.24. The highest BCUT2D eigenvalue weighted by Crippen LogP contribution is 2.19. The number of carbonyl (C=O) groups is 2. The zero-order valence-electron chi connectivity index (χ0n) is 10.5. The summed E-state index contributed by atoms with van der Waals surface area (Å²) in [5.74, 6) is -1.70. The number of urea groups is 1. The number of halogens is 2. The first-order valence-corrected chi connectivity index (χ1v) is 6.37. The predicted molar refractivity (Wildman–Crippen MR) is 72.6 cm³/mol. The Morgan fingerprint density at radius 3 is 2.63 bits per heavy atom. The Morgan fingerprint density at radius 1 is 1.53 bits per heavy atom. The van der Waals surface area contributed by atoms with E-state index in [1.54, 1.807) is 13.0 Å². The van der Waals surface area contributed by atoms with Crippen LogP contribution in [-0.2, 0) is 4.79 Å². The van der Waals surface area contributed by atoms with Crippen LogP contribution in [0.4, 0.5) is 14.9 Å². The minimum absolute atomic E-state index is 0.000270. The van der Waals surface area contributed by atoms with E-state index in [4.69, 9.17) is 5.11 Å². The molecule has 0 fully saturated rings. The molecule has 0 bridgehead atoms. The third-order valence-corrected chi connectivity index (χ3v) is 3.13. The second-order valence-corrected chi connectivity index (χ2v) is 4.84. The van der Waals surface area contributed by atoms with E-state index in [1.807, 2.05) is 0 Å². The van der Waals surface area contributed by atoms with Crippen molar-refractivity contribution in [1.82, 2.24) is 4.90 Å². The molecule has 1 rings (SSSR count). The maximum absolute atomic E-state index is 13.5. The van der Waals surface area contributed by atoms with E-state index >= 15 is 0 Å². The van der Waals surface area contributed by atoms with Crippen molar-refractivity contribution in [2.45, 2.75) is 19.4 Å². The Morgan fingerprint density at radius 2 is 2.16 bits per heavy atom. The molecule has 104 valence electrons. The van der Waals surface area contributed by atoms with Gasteiger partial charge < -0.3 is 15.3 Å². The molecule has 0 aromatic heterocycles. The van der Waals surface area contributed by atoms with Crippen molar-refractivity contribution in [3.05, 3.63) is 28.5 Å². The summed E-state index contributed by atoms with van der Waals surface area (Å²) in [6.45, 7) is 1.66. The van der Waals surface area contributed by atoms with Crippen molar-refractivity contribution in [2.24, 2.45) is 0 Å². The number of carboxylic acid groups (broad SMARTS) is 1. The van der Waals surface area contributed by atoms with Crippen molar-refractivity contribution in [3.63, 3.8) is 0 Å². The van der Waals surface area contributed by atoms with Crippen LogP contribution in [0.25, 0.3) is 0 Å². The van der Waals surface area contributed by atoms with Crippen LogP contribution in [-0.4, -0.2) is 35.1 Å². The first-order valence-electron chi connectivity index (χ1n) is 5.58. The van der Waals surface area contributed by atoms with E-state index in [0.29, 0.717) is 4.47 Å². The fourth-order valence-electron chi connectivity index (χ4n) is 1.55. The molecule has 1 aromatic rings. The second-order valence-electron chi connectivity index (χ2n) is 3.93. The van der Waals surface area contributed by atoms with E-state index in [9.17, 15) is 14.0 Å². The highest BCUT2D eigenvalue weighted by molar-refractivity contribution is 9.10. The van der Waals surface area contributed by atoms with Crippen LogP contribution in [0.1, 0.15) is 13.3 Å². The second kappa shape index (κ2) is 6.51. The van der Waals surface area contributed by atoms with Crippen molar-refractivity contribution < 1.29 is 19.1 Å². The van der Waals surface area contributed by atoms with Gasteiger partial charge in [0.2, 0.25) is 0 Å². The number of hydrogen-bond donors (Lipinski definition) is 2. The van der Waals surface area contributed by atoms with E-state index < -0.39 is 23.9 Å². The van der Waals surface area contributed by atoms with Crippen molar-refractivity contribution in [1.29, 1.82) is 0 Å². The number of aliphatic carboxylic acids is 1. The predicted octanol–water partition coefficient (Wildman–Crippen LogP) is 2.92. The van der Waals surface area contributed by atoms with E-state index in [2.05, 4.69) is 21.2 Å². The summed E-state index contributed by atoms with van der Waals surface area (Å²) >= 11 is 3.10. The molecule has 0 aliphatic heterocycles. The van der Waals surface area contributed by atoms with Crippen molar-refractivity contribution in [3.8, 4) is 0 Å². The quantitative estimate of drug-likeness (QED) is 0.890. The maximum atomic E-state index is 13.5. The molecule has 0 aliphatic carbocycles. The average molecular weight is 333 g/mol. The molecule has 1 atom stereocenters. The largest absolute Gasteiger partial charge is 0.480 e. The summed E-state index contributed by atoms with van der Waals surface area (Å²) in [4.78, 5) is 23.8. The first-order chi connectivity index (χ1) is 8.86. The molecule has 0 saturated carbocycles. The lowest BCUT2D eigenvalue weighted by atomic mass is 10.2. The van der Waals surface area contributed by atoms with Gasteiger partial charge in [0.15, 0.2) is 0 Å². The highest BCUT2D eigenvalue weighted by Gasteiger charge is 2.25. The standard InChI is InChI=1S/C12H14BrFN2O3/c1-3-10(11(17)18)16(2)12(19)15-9-5-4-7(13)6-8(9)14/h4-6,10H,3H2,1-2H3,(H,15,19)(H,17,18). The smallest absolute Gasteiger partial charge is 0.326 e. The van der Waals surface area contributed by atoms with Gasteiger partial charge in [-0.3, -0.25) is 0 Å². The number of nitrogens with zero attached hydrogens (tertiary/aromatic N) is 1. The SMILES string of the molecule is CCC(C(=O)O)N(C)C(=O)Nc1ccc(Br)cc1F. The summed E-state index contributed by atoms with van der Waals surface area (Å²) in [6, 6.07) is 2.57. The van der Waals surface area contributed by atoms with Gasteiger partial charge in [-0.1, -0.05) is 22.9 Å². The third kappa shape index (κ3) is 3.92. The van der Waals surface area contributed by atoms with Crippen molar-refractivity contribution >= 4 is 33.6 Å². The fraction of sp³-hybridized carbons (Fsp3) is 0.333. The summed E-state index contributed by atoms with van der Waals surface area (Å²) < 4.78 is 14.1. The Kier molecular flexibility index (Phi) is 5.29. The van der Waals surface area contributed by atoms with Crippen LogP contribution in [0, 0.1) is 5.82 Å². The molecule has 19 heavy (non-hydrogen) atoms. The van der Waals surface area contributed by atoms with Crippen LogP contribution in [0.3, 0.4) is 0 Å². The zero-order valence-corrected chi connectivity index (χ0v) is 12.1. The van der Waals surface area contributed by atoms with Crippen LogP contribution >= 0.6 is 15.9 Å². The van der Waals surface area contributed by atoms with Crippen LogP contribution < -0.4 is 5.32 Å². The molecule has 1 aromatic carbocycles. The number of carboxylic acids is 1. The minimum Gasteiger partial charge on any atom is -0.480 e. The average Bonchev–Trinajstić information content (AvgIpc) is 2.32. The van der Waals surface area contributed by atoms with Crippen LogP contribution in [0.15, 0.2) is 22.7 Å². The van der Waals surface area contributed by atoms with Gasteiger partial charge in [-0.2, -0.15) is 0 Å². The monoisotopic (exact) mass is 332 g/mol. The first kappa shape index (κ1) is 15.4. The number of carbonyl (C=O) groups excluding carboxylic acids is 1. The Bertz CT molecular complexity index is 496. The van der Waals surface area contributed by atoms with Crippen molar-refractivity contribution in [2.75, 3.05) is 12.4 Å². The molecule has 5 nitrogen and oxygen atoms in total. The number of rotatable bonds is 4. The molecule has 0 spiro atoms. The number of anilines is 1. The zero-order chi connectivity index (χ0) is 14.6. The van der Waals surface area contributed by atoms with E-state index in [1.165, 1.54) is 19.2 Å². The Hall–Kier alpha value is -1.63. The maximum Gasteiger partial charge on any atom is 0.326 e. The van der Waals surface area contributed by atoms with Gasteiger partial charge in [-0.15, -0.1) is 0 Å². The topological polar surface area (TPSA) is 69.6 Å². The molecule has 7 heteroatoms. The minimum atomic E-state index is -1.10. The van der Waals surface area contributed by atoms with Gasteiger partial charge in [-0.25, -0.2) is 14.0 Å². The lowest BCUT2D eigenvalue weighted by Crippen LogP contribution is -2.44. The van der Waals surface area contributed by atoms with Gasteiger partial charge in [0.1, 0.15) is 11.9 Å². The molecule has 0 saturated heterocycles. The number of amides is 2. The van der Waals surface area contributed by atoms with Gasteiger partial charge in [0, 0.05) is 11.5 Å². The molecule has 2 amide bonds. The number of likely N-dealkylation sites (N-methyl/N-ethyl adjacent to an activating group) is 1. The van der Waals surface area contributed by atoms with Crippen LogP contribution in [0.2, 0.25) is 0 Å². The molecule has 0 radical (unpaired) electrons. The molecular weight excluding hydrogens is 319 g/mol. The third-order valence-electron chi connectivity index (χ3n) is 2.63. The summed E-state index contributed by atoms with van der Waals surface area (Å²) in [6.07, 6.45) is 0.266. The van der Waals surface area contributed by atoms with Gasteiger partial charge in [-0.05, 0) is 24.6 Å². The van der Waals surface area contributed by atoms with Crippen LogP contribution in [0.5, 0.6) is 0 Å². The fourth-order valence-corrected chi connectivity index (χ4v) is 1.88. The molecular formula is C12H14BrFN2O3. The summed E-state index contributed by atoms with van der Waals surface area (Å²) in [5.41, 5.74) is 0.000270. The number of hydrogen-bond acceptors (Lipinski definition) is 2. The summed E-state index contributed by atoms with van der Waals surface area (Å²) in [7, 11) is 1.36. The number of benzene rings is 1. The molecule has 2 N–H and O–H groups in total. The van der Waals surface area contributed by atoms with Gasteiger partial charge in [0.25, 0.3) is 0 Å². The van der Waals surface area contributed by atoms with E-state index in [-0.39, 0.29) is 12.1 Å². The normalized spacial score (nSPS) is 11.8. The lowest BCUT2D eigenvalue weighted by molar-refractivity contribution is -0.141. The molecule has 0 heterocycles. The number of nitrogens with one attached hydrogen (secondary N) is 1. The molecule has 0 aliphatic rings. The van der Waals surface area contributed by atoms with Gasteiger partial charge >= 0.3 is 12.0 Å². The Balaban J connectivity index is 2.81. The van der Waals surface area contributed by atoms with E-state index in [0.717, 1.165) is 4.90 Å². The highest BCUT2D eigenvalue weighted by atomic mass is 79.9. The molecule has 1 unspecified atom stereocenters. The van der Waals surface area contributed by atoms with Gasteiger partial charge in [0.05, 0.1) is 5.69 Å². The summed E-state index contributed by atoms with van der Waals surface area (Å²) in [5, 5.41) is 11.3. The Labute approximate surface area is 118 Å².